The topological polar surface area (TPSA) is 70.1 Å². The molecule has 4 nitrogen and oxygen atoms in total. The Bertz CT molecular complexity index is 1520. The molecule has 2 N–H and O–H groups in total. The number of benzene rings is 3. The molecule has 0 saturated carbocycles. The average molecular weight is 520 g/mol. The first-order chi connectivity index (χ1) is 18.3. The van der Waals surface area contributed by atoms with E-state index in [0.29, 0.717) is 17.8 Å². The zero-order valence-corrected chi connectivity index (χ0v) is 23.3. The number of ketones is 1. The lowest BCUT2D eigenvalue weighted by molar-refractivity contribution is -0.116. The summed E-state index contributed by atoms with van der Waals surface area (Å²) in [5.41, 5.74) is 16.7. The Morgan fingerprint density at radius 2 is 1.71 bits per heavy atom. The first-order valence-corrected chi connectivity index (χ1v) is 14.1. The summed E-state index contributed by atoms with van der Waals surface area (Å²) in [5.74, 6) is 0.898. The molecular weight excluding hydrogens is 486 g/mol. The van der Waals surface area contributed by atoms with Crippen LogP contribution >= 0.6 is 11.8 Å². The maximum atomic E-state index is 13.6. The van der Waals surface area contributed by atoms with Crippen molar-refractivity contribution in [3.63, 3.8) is 0 Å². The summed E-state index contributed by atoms with van der Waals surface area (Å²) >= 11 is 1.82. The number of allylic oxidation sites excluding steroid dienone is 3. The fourth-order valence-corrected chi connectivity index (χ4v) is 6.74. The average Bonchev–Trinajstić information content (AvgIpc) is 2.89. The minimum Gasteiger partial charge on any atom is -0.384 e. The van der Waals surface area contributed by atoms with Crippen molar-refractivity contribution in [2.24, 2.45) is 5.73 Å². The fraction of sp³-hybridized carbons (Fsp3) is 0.273. The van der Waals surface area contributed by atoms with E-state index >= 15 is 0 Å². The van der Waals surface area contributed by atoms with Gasteiger partial charge in [0.2, 0.25) is 0 Å². The van der Waals surface area contributed by atoms with Crippen LogP contribution in [0.25, 0.3) is 0 Å². The predicted octanol–water partition coefficient (Wildman–Crippen LogP) is 7.52. The lowest BCUT2D eigenvalue weighted by Crippen LogP contribution is -2.38. The molecule has 0 spiro atoms. The number of nitriles is 1. The number of nitrogens with two attached hydrogens (primary N) is 1. The van der Waals surface area contributed by atoms with Gasteiger partial charge >= 0.3 is 0 Å². The van der Waals surface area contributed by atoms with Gasteiger partial charge in [-0.2, -0.15) is 5.26 Å². The largest absolute Gasteiger partial charge is 0.384 e. The highest BCUT2D eigenvalue weighted by Crippen LogP contribution is 2.47. The lowest BCUT2D eigenvalue weighted by Gasteiger charge is -2.40. The van der Waals surface area contributed by atoms with Gasteiger partial charge in [0.05, 0.1) is 17.6 Å². The van der Waals surface area contributed by atoms with Crippen molar-refractivity contribution in [1.82, 2.24) is 0 Å². The minimum absolute atomic E-state index is 0.115. The highest BCUT2D eigenvalue weighted by molar-refractivity contribution is 7.98. The van der Waals surface area contributed by atoms with Crippen molar-refractivity contribution in [3.05, 3.63) is 117 Å². The van der Waals surface area contributed by atoms with Gasteiger partial charge in [-0.05, 0) is 86.6 Å². The van der Waals surface area contributed by atoms with Crippen molar-refractivity contribution in [2.45, 2.75) is 63.5 Å². The molecule has 1 unspecified atom stereocenters. The van der Waals surface area contributed by atoms with Crippen molar-refractivity contribution in [2.75, 3.05) is 4.90 Å². The van der Waals surface area contributed by atoms with E-state index in [1.165, 1.54) is 21.6 Å². The van der Waals surface area contributed by atoms with Gasteiger partial charge in [0.15, 0.2) is 5.78 Å². The fourth-order valence-electron chi connectivity index (χ4n) is 5.64. The molecule has 3 aromatic carbocycles. The monoisotopic (exact) mass is 519 g/mol. The Kier molecular flexibility index (Phi) is 7.19. The van der Waals surface area contributed by atoms with E-state index < -0.39 is 5.92 Å². The van der Waals surface area contributed by atoms with E-state index in [1.54, 1.807) is 0 Å². The number of thioether (sulfide) groups is 1. The summed E-state index contributed by atoms with van der Waals surface area (Å²) in [6.07, 6.45) is 2.04. The van der Waals surface area contributed by atoms with E-state index in [-0.39, 0.29) is 5.78 Å². The molecule has 0 bridgehead atoms. The molecule has 5 rings (SSSR count). The van der Waals surface area contributed by atoms with Crippen LogP contribution in [0.3, 0.4) is 0 Å². The van der Waals surface area contributed by atoms with Gasteiger partial charge in [0.1, 0.15) is 5.82 Å². The zero-order valence-electron chi connectivity index (χ0n) is 22.5. The van der Waals surface area contributed by atoms with Gasteiger partial charge in [-0.3, -0.25) is 9.69 Å². The summed E-state index contributed by atoms with van der Waals surface area (Å²) in [6.45, 7) is 8.38. The second-order valence-corrected chi connectivity index (χ2v) is 11.4. The number of Topliss-reactive ketones (excluding diaryl/α,β-unsaturated/α-hetero) is 1. The third-order valence-electron chi connectivity index (χ3n) is 7.72. The van der Waals surface area contributed by atoms with Crippen LogP contribution in [0.1, 0.15) is 58.6 Å². The molecule has 1 aliphatic heterocycles. The lowest BCUT2D eigenvalue weighted by atomic mass is 9.74. The van der Waals surface area contributed by atoms with E-state index in [4.69, 9.17) is 5.73 Å². The van der Waals surface area contributed by atoms with Crippen LogP contribution in [0, 0.1) is 39.0 Å². The van der Waals surface area contributed by atoms with Gasteiger partial charge in [-0.25, -0.2) is 0 Å². The molecule has 3 aromatic rings. The first-order valence-electron chi connectivity index (χ1n) is 13.1. The second-order valence-electron chi connectivity index (χ2n) is 10.3. The van der Waals surface area contributed by atoms with Crippen molar-refractivity contribution < 1.29 is 4.79 Å². The van der Waals surface area contributed by atoms with E-state index in [0.717, 1.165) is 52.2 Å². The Labute approximate surface area is 229 Å². The molecule has 192 valence electrons. The molecular formula is C33H33N3OS. The number of hydrogen-bond donors (Lipinski definition) is 1. The maximum Gasteiger partial charge on any atom is 0.161 e. The molecule has 0 aromatic heterocycles. The number of anilines is 1. The molecule has 2 aliphatic rings. The molecule has 5 heteroatoms. The van der Waals surface area contributed by atoms with Crippen LogP contribution in [0.5, 0.6) is 0 Å². The summed E-state index contributed by atoms with van der Waals surface area (Å²) in [7, 11) is 0. The standard InChI is InChI=1S/C33H33N3OS/c1-20-12-14-25(15-13-20)36-28-9-7-10-29(37)32(28)31(27(18-34)33(36)35)26-17-24(22(3)16-23(26)4)19-38-30-11-6-5-8-21(30)2/h5-6,8,11-17,31H,7,9-10,19,35H2,1-4H3. The van der Waals surface area contributed by atoms with Crippen LogP contribution in [0.2, 0.25) is 0 Å². The Hall–Kier alpha value is -3.75. The highest BCUT2D eigenvalue weighted by Gasteiger charge is 2.40. The minimum atomic E-state index is -0.452. The molecule has 1 heterocycles. The summed E-state index contributed by atoms with van der Waals surface area (Å²) in [4.78, 5) is 16.8. The van der Waals surface area contributed by atoms with Crippen molar-refractivity contribution in [1.29, 1.82) is 5.26 Å². The Balaban J connectivity index is 1.63. The zero-order chi connectivity index (χ0) is 27.0. The number of rotatable bonds is 5. The van der Waals surface area contributed by atoms with E-state index in [2.05, 4.69) is 63.2 Å². The Morgan fingerprint density at radius 1 is 0.974 bits per heavy atom. The first kappa shape index (κ1) is 25.9. The number of carbonyl (C=O) groups excluding carboxylic acids is 1. The SMILES string of the molecule is Cc1ccc(N2C(N)=C(C#N)C(c3cc(CSc4ccccc4C)c(C)cc3C)C3=C2CCCC3=O)cc1. The van der Waals surface area contributed by atoms with Crippen LogP contribution in [-0.2, 0) is 10.5 Å². The summed E-state index contributed by atoms with van der Waals surface area (Å²) < 4.78 is 0. The van der Waals surface area contributed by atoms with Crippen LogP contribution < -0.4 is 10.6 Å². The summed E-state index contributed by atoms with van der Waals surface area (Å²) in [5, 5.41) is 10.4. The second kappa shape index (κ2) is 10.6. The van der Waals surface area contributed by atoms with Crippen LogP contribution in [-0.4, -0.2) is 5.78 Å². The normalized spacial score (nSPS) is 17.5. The van der Waals surface area contributed by atoms with Gasteiger partial charge in [0.25, 0.3) is 0 Å². The molecule has 0 amide bonds. The quantitative estimate of drug-likeness (QED) is 0.353. The van der Waals surface area contributed by atoms with Gasteiger partial charge < -0.3 is 5.73 Å². The number of carbonyl (C=O) groups is 1. The number of hydrogen-bond acceptors (Lipinski definition) is 5. The number of nitrogens with zero attached hydrogens (tertiary/aromatic N) is 2. The van der Waals surface area contributed by atoms with Crippen LogP contribution in [0.4, 0.5) is 5.69 Å². The van der Waals surface area contributed by atoms with E-state index in [9.17, 15) is 10.1 Å². The molecule has 0 saturated heterocycles. The molecule has 0 fully saturated rings. The molecule has 1 aliphatic carbocycles. The molecule has 0 radical (unpaired) electrons. The third kappa shape index (κ3) is 4.66. The number of aryl methyl sites for hydroxylation is 4. The van der Waals surface area contributed by atoms with Crippen molar-refractivity contribution >= 4 is 23.2 Å². The van der Waals surface area contributed by atoms with Crippen molar-refractivity contribution in [3.8, 4) is 6.07 Å². The van der Waals surface area contributed by atoms with Crippen LogP contribution in [0.15, 0.2) is 88.2 Å². The van der Waals surface area contributed by atoms with Gasteiger partial charge in [0, 0.05) is 34.0 Å². The Morgan fingerprint density at radius 3 is 2.42 bits per heavy atom. The smallest absolute Gasteiger partial charge is 0.161 e. The highest BCUT2D eigenvalue weighted by atomic mass is 32.2. The van der Waals surface area contributed by atoms with E-state index in [1.807, 2.05) is 47.9 Å². The molecule has 38 heavy (non-hydrogen) atoms. The summed E-state index contributed by atoms with van der Waals surface area (Å²) in [6, 6.07) is 23.3. The predicted molar refractivity (Wildman–Crippen MR) is 156 cm³/mol. The maximum absolute atomic E-state index is 13.6. The molecule has 1 atom stereocenters. The van der Waals surface area contributed by atoms with Gasteiger partial charge in [-0.15, -0.1) is 11.8 Å². The third-order valence-corrected chi connectivity index (χ3v) is 8.94. The van der Waals surface area contributed by atoms with Gasteiger partial charge in [-0.1, -0.05) is 48.0 Å².